The smallest absolute Gasteiger partial charge is 0.237 e. The number of primary amides is 2. The number of hydrogen-bond donors (Lipinski definition) is 3. The van der Waals surface area contributed by atoms with E-state index in [-0.39, 0.29) is 30.8 Å². The maximum Gasteiger partial charge on any atom is 0.237 e. The molecule has 0 aromatic rings. The molecule has 96 valence electrons. The fraction of sp³-hybridized carbons (Fsp3) is 0.700. The summed E-state index contributed by atoms with van der Waals surface area (Å²) >= 11 is 0. The van der Waals surface area contributed by atoms with Gasteiger partial charge in [-0.15, -0.1) is 0 Å². The lowest BCUT2D eigenvalue weighted by atomic mass is 9.88. The van der Waals surface area contributed by atoms with Gasteiger partial charge in [0.25, 0.3) is 0 Å². The zero-order chi connectivity index (χ0) is 13.0. The zero-order valence-corrected chi connectivity index (χ0v) is 9.81. The van der Waals surface area contributed by atoms with Gasteiger partial charge in [-0.2, -0.15) is 0 Å². The first-order valence-electron chi connectivity index (χ1n) is 5.48. The minimum absolute atomic E-state index is 0.241. The van der Waals surface area contributed by atoms with Gasteiger partial charge in [0.2, 0.25) is 17.7 Å². The normalized spacial score (nSPS) is 17.0. The number of carbonyl (C=O) groups excluding carboxylic acids is 3. The SMILES string of the molecule is CC(C(=O)N(CC(N)=O)CC(N)=O)C1CNC1. The highest BCUT2D eigenvalue weighted by molar-refractivity contribution is 5.89. The van der Waals surface area contributed by atoms with Crippen LogP contribution in [-0.2, 0) is 14.4 Å². The molecule has 0 bridgehead atoms. The van der Waals surface area contributed by atoms with E-state index < -0.39 is 11.8 Å². The minimum Gasteiger partial charge on any atom is -0.368 e. The van der Waals surface area contributed by atoms with E-state index in [1.54, 1.807) is 6.92 Å². The lowest BCUT2D eigenvalue weighted by Crippen LogP contribution is -2.52. The van der Waals surface area contributed by atoms with Crippen LogP contribution in [0.25, 0.3) is 0 Å². The van der Waals surface area contributed by atoms with Gasteiger partial charge in [-0.3, -0.25) is 14.4 Å². The minimum atomic E-state index is -0.654. The maximum atomic E-state index is 12.0. The molecular formula is C10H18N4O3. The van der Waals surface area contributed by atoms with Crippen LogP contribution >= 0.6 is 0 Å². The van der Waals surface area contributed by atoms with Crippen molar-refractivity contribution in [3.8, 4) is 0 Å². The quantitative estimate of drug-likeness (QED) is 0.482. The Balaban J connectivity index is 2.63. The van der Waals surface area contributed by atoms with E-state index in [1.807, 2.05) is 0 Å². The van der Waals surface area contributed by atoms with Crippen molar-refractivity contribution in [1.82, 2.24) is 10.2 Å². The Labute approximate surface area is 99.5 Å². The predicted octanol–water partition coefficient (Wildman–Crippen LogP) is -2.36. The van der Waals surface area contributed by atoms with E-state index in [0.717, 1.165) is 18.0 Å². The number of amides is 3. The second-order valence-corrected chi connectivity index (χ2v) is 4.33. The van der Waals surface area contributed by atoms with Crippen molar-refractivity contribution in [1.29, 1.82) is 0 Å². The van der Waals surface area contributed by atoms with Gasteiger partial charge in [0.1, 0.15) is 0 Å². The standard InChI is InChI=1S/C10H18N4O3/c1-6(7-2-13-3-7)10(17)14(4-8(11)15)5-9(12)16/h6-7,13H,2-5H2,1H3,(H2,11,15)(H2,12,16). The van der Waals surface area contributed by atoms with E-state index in [2.05, 4.69) is 5.32 Å². The van der Waals surface area contributed by atoms with Gasteiger partial charge < -0.3 is 21.7 Å². The summed E-state index contributed by atoms with van der Waals surface area (Å²) in [4.78, 5) is 34.8. The van der Waals surface area contributed by atoms with Crippen LogP contribution in [0, 0.1) is 11.8 Å². The van der Waals surface area contributed by atoms with Crippen LogP contribution in [0.2, 0.25) is 0 Å². The van der Waals surface area contributed by atoms with Gasteiger partial charge in [0.05, 0.1) is 13.1 Å². The summed E-state index contributed by atoms with van der Waals surface area (Å²) in [5, 5.41) is 3.06. The number of rotatable bonds is 6. The van der Waals surface area contributed by atoms with E-state index in [1.165, 1.54) is 0 Å². The molecule has 1 aliphatic heterocycles. The second kappa shape index (κ2) is 5.62. The third kappa shape index (κ3) is 3.70. The third-order valence-electron chi connectivity index (χ3n) is 2.91. The Morgan fingerprint density at radius 1 is 1.24 bits per heavy atom. The Kier molecular flexibility index (Phi) is 4.45. The van der Waals surface area contributed by atoms with E-state index >= 15 is 0 Å². The monoisotopic (exact) mass is 242 g/mol. The number of nitrogens with one attached hydrogen (secondary N) is 1. The van der Waals surface area contributed by atoms with Crippen LogP contribution in [-0.4, -0.2) is 48.8 Å². The van der Waals surface area contributed by atoms with Gasteiger partial charge in [-0.25, -0.2) is 0 Å². The van der Waals surface area contributed by atoms with Crippen molar-refractivity contribution in [2.75, 3.05) is 26.2 Å². The molecule has 0 aromatic heterocycles. The average molecular weight is 242 g/mol. The molecule has 3 amide bonds. The average Bonchev–Trinajstić information content (AvgIpc) is 2.11. The molecule has 1 aliphatic rings. The maximum absolute atomic E-state index is 12.0. The van der Waals surface area contributed by atoms with E-state index in [0.29, 0.717) is 0 Å². The van der Waals surface area contributed by atoms with Crippen molar-refractivity contribution < 1.29 is 14.4 Å². The fourth-order valence-electron chi connectivity index (χ4n) is 1.74. The van der Waals surface area contributed by atoms with Gasteiger partial charge in [-0.05, 0) is 19.0 Å². The summed E-state index contributed by atoms with van der Waals surface area (Å²) in [6.45, 7) is 2.78. The Hall–Kier alpha value is -1.63. The van der Waals surface area contributed by atoms with Crippen molar-refractivity contribution in [2.24, 2.45) is 23.3 Å². The second-order valence-electron chi connectivity index (χ2n) is 4.33. The molecule has 5 N–H and O–H groups in total. The van der Waals surface area contributed by atoms with Crippen LogP contribution in [0.4, 0.5) is 0 Å². The summed E-state index contributed by atoms with van der Waals surface area (Å²) in [6, 6.07) is 0. The summed E-state index contributed by atoms with van der Waals surface area (Å²) < 4.78 is 0. The molecule has 1 heterocycles. The molecule has 1 rings (SSSR count). The van der Waals surface area contributed by atoms with Gasteiger partial charge in [0, 0.05) is 5.92 Å². The molecule has 0 radical (unpaired) electrons. The number of hydrogen-bond acceptors (Lipinski definition) is 4. The lowest BCUT2D eigenvalue weighted by molar-refractivity contribution is -0.142. The van der Waals surface area contributed by atoms with Gasteiger partial charge in [0.15, 0.2) is 0 Å². The van der Waals surface area contributed by atoms with Crippen LogP contribution < -0.4 is 16.8 Å². The predicted molar refractivity (Wildman–Crippen MR) is 60.5 cm³/mol. The van der Waals surface area contributed by atoms with E-state index in [9.17, 15) is 14.4 Å². The van der Waals surface area contributed by atoms with Crippen molar-refractivity contribution in [3.05, 3.63) is 0 Å². The molecule has 0 saturated carbocycles. The Morgan fingerprint density at radius 2 is 1.71 bits per heavy atom. The number of carbonyl (C=O) groups is 3. The van der Waals surface area contributed by atoms with E-state index in [4.69, 9.17) is 11.5 Å². The molecule has 1 unspecified atom stereocenters. The molecule has 0 aromatic carbocycles. The largest absolute Gasteiger partial charge is 0.368 e. The van der Waals surface area contributed by atoms with Gasteiger partial charge >= 0.3 is 0 Å². The lowest BCUT2D eigenvalue weighted by Gasteiger charge is -2.34. The molecule has 1 saturated heterocycles. The third-order valence-corrected chi connectivity index (χ3v) is 2.91. The molecular weight excluding hydrogens is 224 g/mol. The van der Waals surface area contributed by atoms with Crippen molar-refractivity contribution >= 4 is 17.7 Å². The van der Waals surface area contributed by atoms with Crippen LogP contribution in [0.1, 0.15) is 6.92 Å². The molecule has 0 spiro atoms. The molecule has 7 nitrogen and oxygen atoms in total. The fourth-order valence-corrected chi connectivity index (χ4v) is 1.74. The van der Waals surface area contributed by atoms with Crippen molar-refractivity contribution in [3.63, 3.8) is 0 Å². The first-order valence-corrected chi connectivity index (χ1v) is 5.48. The summed E-state index contributed by atoms with van der Waals surface area (Å²) in [7, 11) is 0. The van der Waals surface area contributed by atoms with Crippen molar-refractivity contribution in [2.45, 2.75) is 6.92 Å². The number of nitrogens with zero attached hydrogens (tertiary/aromatic N) is 1. The zero-order valence-electron chi connectivity index (χ0n) is 9.81. The molecule has 7 heteroatoms. The highest BCUT2D eigenvalue weighted by Gasteiger charge is 2.32. The highest BCUT2D eigenvalue weighted by atomic mass is 16.2. The first kappa shape index (κ1) is 13.4. The highest BCUT2D eigenvalue weighted by Crippen LogP contribution is 2.18. The van der Waals surface area contributed by atoms with Gasteiger partial charge in [-0.1, -0.05) is 6.92 Å². The number of nitrogens with two attached hydrogens (primary N) is 2. The van der Waals surface area contributed by atoms with Crippen LogP contribution in [0.15, 0.2) is 0 Å². The Morgan fingerprint density at radius 3 is 2.00 bits per heavy atom. The summed E-state index contributed by atoms with van der Waals surface area (Å²) in [5.74, 6) is -1.56. The van der Waals surface area contributed by atoms with Crippen LogP contribution in [0.3, 0.4) is 0 Å². The molecule has 17 heavy (non-hydrogen) atoms. The first-order chi connectivity index (χ1) is 7.91. The summed E-state index contributed by atoms with van der Waals surface area (Å²) in [6.07, 6.45) is 0. The molecule has 1 fully saturated rings. The van der Waals surface area contributed by atoms with Crippen LogP contribution in [0.5, 0.6) is 0 Å². The Bertz CT molecular complexity index is 312. The molecule has 1 atom stereocenters. The topological polar surface area (TPSA) is 119 Å². The summed E-state index contributed by atoms with van der Waals surface area (Å²) in [5.41, 5.74) is 10.1. The molecule has 0 aliphatic carbocycles.